The molecule has 0 aliphatic rings. The van der Waals surface area contributed by atoms with E-state index in [1.807, 2.05) is 0 Å². The maximum atomic E-state index is 14.4. The van der Waals surface area contributed by atoms with Crippen molar-refractivity contribution < 1.29 is 19.3 Å². The van der Waals surface area contributed by atoms with Crippen LogP contribution in [0, 0.1) is 0 Å². The van der Waals surface area contributed by atoms with E-state index in [0.717, 1.165) is 0 Å². The molecular formula is C12H17FN4O3. The average molecular weight is 284 g/mol. The number of halogens is 1. The second-order valence-corrected chi connectivity index (χ2v) is 4.63. The first-order valence-electron chi connectivity index (χ1n) is 6.01. The van der Waals surface area contributed by atoms with Gasteiger partial charge in [-0.1, -0.05) is 0 Å². The van der Waals surface area contributed by atoms with Gasteiger partial charge in [0.05, 0.1) is 12.0 Å². The van der Waals surface area contributed by atoms with E-state index in [0.29, 0.717) is 11.0 Å². The number of methoxy groups -OCH3 is 1. The molecule has 2 aromatic heterocycles. The smallest absolute Gasteiger partial charge is 0.176 e. The van der Waals surface area contributed by atoms with Crippen LogP contribution in [-0.2, 0) is 10.5 Å². The molecule has 8 heteroatoms. The molecule has 20 heavy (non-hydrogen) atoms. The summed E-state index contributed by atoms with van der Waals surface area (Å²) in [6.07, 6.45) is -0.310. The summed E-state index contributed by atoms with van der Waals surface area (Å²) in [5.74, 6) is 0.241. The third-order valence-electron chi connectivity index (χ3n) is 3.33. The molecule has 0 radical (unpaired) electrons. The maximum absolute atomic E-state index is 14.4. The SMILES string of the molecule is CO[C@H](CO)[C@@H](F)[C@@](C)(O)n1ccc2c(N)ncnc21. The van der Waals surface area contributed by atoms with E-state index in [1.165, 1.54) is 31.1 Å². The Morgan fingerprint density at radius 2 is 2.25 bits per heavy atom. The highest BCUT2D eigenvalue weighted by atomic mass is 19.1. The summed E-state index contributed by atoms with van der Waals surface area (Å²) in [6.45, 7) is 0.723. The van der Waals surface area contributed by atoms with Gasteiger partial charge in [-0.15, -0.1) is 0 Å². The fourth-order valence-corrected chi connectivity index (χ4v) is 2.11. The van der Waals surface area contributed by atoms with Crippen molar-refractivity contribution in [2.45, 2.75) is 24.9 Å². The summed E-state index contributed by atoms with van der Waals surface area (Å²) in [5.41, 5.74) is 4.05. The fourth-order valence-electron chi connectivity index (χ4n) is 2.11. The minimum Gasteiger partial charge on any atom is -0.394 e. The molecule has 0 spiro atoms. The first kappa shape index (κ1) is 14.6. The van der Waals surface area contributed by atoms with Crippen LogP contribution in [0.5, 0.6) is 0 Å². The van der Waals surface area contributed by atoms with Gasteiger partial charge in [0.25, 0.3) is 0 Å². The van der Waals surface area contributed by atoms with Gasteiger partial charge in [0.1, 0.15) is 23.9 Å². The van der Waals surface area contributed by atoms with Crippen molar-refractivity contribution in [1.82, 2.24) is 14.5 Å². The Labute approximate surface area is 114 Å². The zero-order chi connectivity index (χ0) is 14.9. The highest BCUT2D eigenvalue weighted by molar-refractivity contribution is 5.86. The number of aromatic nitrogens is 3. The number of hydrogen-bond donors (Lipinski definition) is 3. The number of anilines is 1. The lowest BCUT2D eigenvalue weighted by Crippen LogP contribution is -2.48. The van der Waals surface area contributed by atoms with Crippen molar-refractivity contribution in [2.75, 3.05) is 19.5 Å². The van der Waals surface area contributed by atoms with E-state index in [-0.39, 0.29) is 5.82 Å². The number of rotatable bonds is 5. The molecule has 0 aliphatic carbocycles. The van der Waals surface area contributed by atoms with Crippen molar-refractivity contribution >= 4 is 16.9 Å². The van der Waals surface area contributed by atoms with Crippen LogP contribution in [0.25, 0.3) is 11.0 Å². The molecule has 0 unspecified atom stereocenters. The van der Waals surface area contributed by atoms with Gasteiger partial charge < -0.3 is 25.3 Å². The lowest BCUT2D eigenvalue weighted by molar-refractivity contribution is -0.142. The van der Waals surface area contributed by atoms with Crippen LogP contribution in [0.15, 0.2) is 18.6 Å². The highest BCUT2D eigenvalue weighted by Gasteiger charge is 2.40. The predicted molar refractivity (Wildman–Crippen MR) is 70.6 cm³/mol. The highest BCUT2D eigenvalue weighted by Crippen LogP contribution is 2.29. The predicted octanol–water partition coefficient (Wildman–Crippen LogP) is 0.0239. The van der Waals surface area contributed by atoms with Crippen LogP contribution in [-0.4, -0.2) is 50.7 Å². The van der Waals surface area contributed by atoms with Crippen molar-refractivity contribution in [1.29, 1.82) is 0 Å². The normalized spacial score (nSPS) is 17.9. The summed E-state index contributed by atoms with van der Waals surface area (Å²) in [4.78, 5) is 7.83. The van der Waals surface area contributed by atoms with E-state index in [9.17, 15) is 9.50 Å². The number of aliphatic hydroxyl groups is 2. The molecule has 0 bridgehead atoms. The quantitative estimate of drug-likeness (QED) is 0.715. The second-order valence-electron chi connectivity index (χ2n) is 4.63. The Kier molecular flexibility index (Phi) is 3.89. The van der Waals surface area contributed by atoms with E-state index in [1.54, 1.807) is 6.07 Å². The molecule has 2 heterocycles. The zero-order valence-electron chi connectivity index (χ0n) is 11.2. The Morgan fingerprint density at radius 1 is 1.55 bits per heavy atom. The summed E-state index contributed by atoms with van der Waals surface area (Å²) < 4.78 is 20.5. The first-order valence-corrected chi connectivity index (χ1v) is 6.01. The Balaban J connectivity index is 2.49. The molecule has 0 saturated heterocycles. The first-order chi connectivity index (χ1) is 9.43. The zero-order valence-corrected chi connectivity index (χ0v) is 11.2. The van der Waals surface area contributed by atoms with Crippen molar-refractivity contribution in [3.05, 3.63) is 18.6 Å². The molecule has 4 N–H and O–H groups in total. The van der Waals surface area contributed by atoms with Crippen LogP contribution in [0.3, 0.4) is 0 Å². The van der Waals surface area contributed by atoms with Gasteiger partial charge in [-0.05, 0) is 13.0 Å². The van der Waals surface area contributed by atoms with E-state index < -0.39 is 24.6 Å². The van der Waals surface area contributed by atoms with E-state index in [2.05, 4.69) is 9.97 Å². The third kappa shape index (κ3) is 2.21. The molecule has 3 atom stereocenters. The second kappa shape index (κ2) is 5.31. The monoisotopic (exact) mass is 284 g/mol. The number of hydrogen-bond acceptors (Lipinski definition) is 6. The number of nitrogens with zero attached hydrogens (tertiary/aromatic N) is 3. The molecule has 0 amide bonds. The van der Waals surface area contributed by atoms with Crippen molar-refractivity contribution in [3.8, 4) is 0 Å². The lowest BCUT2D eigenvalue weighted by atomic mass is 10.0. The largest absolute Gasteiger partial charge is 0.394 e. The number of fused-ring (bicyclic) bond motifs is 1. The van der Waals surface area contributed by atoms with Crippen LogP contribution in [0.4, 0.5) is 10.2 Å². The third-order valence-corrected chi connectivity index (χ3v) is 3.33. The van der Waals surface area contributed by atoms with Gasteiger partial charge in [0.2, 0.25) is 0 Å². The molecule has 2 rings (SSSR count). The van der Waals surface area contributed by atoms with Crippen LogP contribution in [0.2, 0.25) is 0 Å². The molecule has 7 nitrogen and oxygen atoms in total. The van der Waals surface area contributed by atoms with Crippen LogP contribution in [0.1, 0.15) is 6.92 Å². The Hall–Kier alpha value is -1.77. The van der Waals surface area contributed by atoms with Gasteiger partial charge in [-0.3, -0.25) is 0 Å². The summed E-state index contributed by atoms with van der Waals surface area (Å²) >= 11 is 0. The molecule has 0 fully saturated rings. The molecule has 110 valence electrons. The molecule has 2 aromatic rings. The standard InChI is InChI=1S/C12H17FN4O3/c1-12(19,9(13)8(5-18)20-2)17-4-3-7-10(14)15-6-16-11(7)17/h3-4,6,8-9,18-19H,5H2,1-2H3,(H2,14,15,16)/t8-,9-,12-/m1/s1. The van der Waals surface area contributed by atoms with Crippen LogP contribution >= 0.6 is 0 Å². The van der Waals surface area contributed by atoms with Crippen molar-refractivity contribution in [3.63, 3.8) is 0 Å². The number of nitrogen functional groups attached to an aromatic ring is 1. The van der Waals surface area contributed by atoms with Gasteiger partial charge in [-0.2, -0.15) is 0 Å². The van der Waals surface area contributed by atoms with Gasteiger partial charge in [0.15, 0.2) is 11.9 Å². The number of aliphatic hydroxyl groups excluding tert-OH is 1. The lowest BCUT2D eigenvalue weighted by Gasteiger charge is -2.32. The molecular weight excluding hydrogens is 267 g/mol. The Bertz CT molecular complexity index is 597. The number of nitrogens with two attached hydrogens (primary N) is 1. The summed E-state index contributed by atoms with van der Waals surface area (Å²) in [7, 11) is 1.26. The minimum absolute atomic E-state index is 0.241. The Morgan fingerprint density at radius 3 is 2.85 bits per heavy atom. The van der Waals surface area contributed by atoms with Crippen molar-refractivity contribution in [2.24, 2.45) is 0 Å². The number of alkyl halides is 1. The van der Waals surface area contributed by atoms with E-state index in [4.69, 9.17) is 15.6 Å². The maximum Gasteiger partial charge on any atom is 0.176 e. The number of ether oxygens (including phenoxy) is 1. The molecule has 0 saturated carbocycles. The molecule has 0 aromatic carbocycles. The summed E-state index contributed by atoms with van der Waals surface area (Å²) in [5, 5.41) is 20.1. The van der Waals surface area contributed by atoms with Gasteiger partial charge >= 0.3 is 0 Å². The average Bonchev–Trinajstić information content (AvgIpc) is 2.86. The van der Waals surface area contributed by atoms with E-state index >= 15 is 0 Å². The fraction of sp³-hybridized carbons (Fsp3) is 0.500. The summed E-state index contributed by atoms with van der Waals surface area (Å²) in [6, 6.07) is 1.59. The van der Waals surface area contributed by atoms with Gasteiger partial charge in [0, 0.05) is 13.3 Å². The topological polar surface area (TPSA) is 106 Å². The van der Waals surface area contributed by atoms with Crippen LogP contribution < -0.4 is 5.73 Å². The van der Waals surface area contributed by atoms with Gasteiger partial charge in [-0.25, -0.2) is 14.4 Å². The molecule has 0 aliphatic heterocycles. The minimum atomic E-state index is -1.95.